The van der Waals surface area contributed by atoms with Crippen molar-refractivity contribution in [3.8, 4) is 11.5 Å². The third-order valence-electron chi connectivity index (χ3n) is 4.12. The van der Waals surface area contributed by atoms with E-state index in [9.17, 15) is 4.79 Å². The number of nitrogen functional groups attached to an aromatic ring is 1. The predicted molar refractivity (Wildman–Crippen MR) is 104 cm³/mol. The number of methoxy groups -OCH3 is 1. The molecule has 0 aliphatic rings. The van der Waals surface area contributed by atoms with Crippen LogP contribution in [0.15, 0.2) is 55.1 Å². The molecule has 0 aliphatic carbocycles. The Morgan fingerprint density at radius 2 is 1.86 bits per heavy atom. The van der Waals surface area contributed by atoms with E-state index in [4.69, 9.17) is 15.2 Å². The van der Waals surface area contributed by atoms with Crippen LogP contribution in [-0.4, -0.2) is 28.0 Å². The van der Waals surface area contributed by atoms with Gasteiger partial charge in [0.05, 0.1) is 13.2 Å². The van der Waals surface area contributed by atoms with Gasteiger partial charge in [0, 0.05) is 24.8 Å². The summed E-state index contributed by atoms with van der Waals surface area (Å²) in [5.41, 5.74) is 7.66. The summed E-state index contributed by atoms with van der Waals surface area (Å²) in [6.07, 6.45) is 6.29. The molecule has 0 aliphatic heterocycles. The van der Waals surface area contributed by atoms with Gasteiger partial charge >= 0.3 is 0 Å². The average molecular weight is 379 g/mol. The van der Waals surface area contributed by atoms with Gasteiger partial charge in [-0.25, -0.2) is 9.97 Å². The lowest BCUT2D eigenvalue weighted by Crippen LogP contribution is -2.28. The molecular formula is C20H21N5O3. The average Bonchev–Trinajstić information content (AvgIpc) is 2.73. The molecule has 2 heterocycles. The Bertz CT molecular complexity index is 950. The molecule has 0 unspecified atom stereocenters. The minimum Gasteiger partial charge on any atom is -0.493 e. The number of anilines is 1. The van der Waals surface area contributed by atoms with Crippen molar-refractivity contribution in [1.82, 2.24) is 20.3 Å². The maximum atomic E-state index is 12.4. The molecule has 3 aromatic rings. The van der Waals surface area contributed by atoms with Crippen LogP contribution in [0, 0.1) is 0 Å². The van der Waals surface area contributed by atoms with Crippen LogP contribution in [0.5, 0.6) is 11.5 Å². The first-order chi connectivity index (χ1) is 13.6. The second-order valence-corrected chi connectivity index (χ2v) is 6.04. The highest BCUT2D eigenvalue weighted by atomic mass is 16.5. The van der Waals surface area contributed by atoms with Crippen molar-refractivity contribution in [2.75, 3.05) is 12.8 Å². The van der Waals surface area contributed by atoms with Gasteiger partial charge in [0.15, 0.2) is 23.0 Å². The standard InChI is InChI=1S/C20H21N5O3/c1-13(25-20(26)18-19(21)24-10-9-23-18)15-3-4-16(17(11-15)27-2)28-12-14-5-7-22-8-6-14/h3-11,13H,12H2,1-2H3,(H2,21,24)(H,25,26)/t13-/m0/s1. The molecule has 0 saturated carbocycles. The highest BCUT2D eigenvalue weighted by molar-refractivity contribution is 5.96. The first-order valence-corrected chi connectivity index (χ1v) is 8.65. The van der Waals surface area contributed by atoms with E-state index in [0.29, 0.717) is 18.1 Å². The summed E-state index contributed by atoms with van der Waals surface area (Å²) in [7, 11) is 1.57. The van der Waals surface area contributed by atoms with Gasteiger partial charge in [0.25, 0.3) is 5.91 Å². The molecule has 1 atom stereocenters. The van der Waals surface area contributed by atoms with Crippen LogP contribution in [0.25, 0.3) is 0 Å². The summed E-state index contributed by atoms with van der Waals surface area (Å²) in [6.45, 7) is 2.26. The lowest BCUT2D eigenvalue weighted by Gasteiger charge is -2.17. The fourth-order valence-corrected chi connectivity index (χ4v) is 2.58. The Kier molecular flexibility index (Phi) is 6.01. The van der Waals surface area contributed by atoms with Gasteiger partial charge in [-0.15, -0.1) is 0 Å². The van der Waals surface area contributed by atoms with Crippen molar-refractivity contribution in [2.24, 2.45) is 0 Å². The molecular weight excluding hydrogens is 358 g/mol. The van der Waals surface area contributed by atoms with Crippen molar-refractivity contribution in [2.45, 2.75) is 19.6 Å². The largest absolute Gasteiger partial charge is 0.493 e. The Balaban J connectivity index is 1.70. The quantitative estimate of drug-likeness (QED) is 0.648. The highest BCUT2D eigenvalue weighted by Crippen LogP contribution is 2.31. The number of carbonyl (C=O) groups excluding carboxylic acids is 1. The first-order valence-electron chi connectivity index (χ1n) is 8.65. The summed E-state index contributed by atoms with van der Waals surface area (Å²) in [4.78, 5) is 24.2. The topological polar surface area (TPSA) is 112 Å². The fraction of sp³-hybridized carbons (Fsp3) is 0.200. The van der Waals surface area contributed by atoms with Gasteiger partial charge in [-0.3, -0.25) is 9.78 Å². The fourth-order valence-electron chi connectivity index (χ4n) is 2.58. The van der Waals surface area contributed by atoms with Crippen LogP contribution >= 0.6 is 0 Å². The number of rotatable bonds is 7. The number of hydrogen-bond donors (Lipinski definition) is 2. The van der Waals surface area contributed by atoms with Crippen LogP contribution < -0.4 is 20.5 Å². The second kappa shape index (κ2) is 8.81. The SMILES string of the molecule is COc1cc([C@H](C)NC(=O)c2nccnc2N)ccc1OCc1ccncc1. The van der Waals surface area contributed by atoms with Crippen LogP contribution in [0.3, 0.4) is 0 Å². The summed E-state index contributed by atoms with van der Waals surface area (Å²) < 4.78 is 11.3. The van der Waals surface area contributed by atoms with Crippen molar-refractivity contribution >= 4 is 11.7 Å². The van der Waals surface area contributed by atoms with Gasteiger partial charge < -0.3 is 20.5 Å². The normalized spacial score (nSPS) is 11.5. The number of pyridine rings is 1. The lowest BCUT2D eigenvalue weighted by molar-refractivity contribution is 0.0935. The number of aromatic nitrogens is 3. The van der Waals surface area contributed by atoms with E-state index in [-0.39, 0.29) is 17.6 Å². The summed E-state index contributed by atoms with van der Waals surface area (Å²) in [6, 6.07) is 8.99. The van der Waals surface area contributed by atoms with Gasteiger partial charge in [-0.1, -0.05) is 6.07 Å². The summed E-state index contributed by atoms with van der Waals surface area (Å²) in [5, 5.41) is 2.86. The molecule has 8 nitrogen and oxygen atoms in total. The smallest absolute Gasteiger partial charge is 0.274 e. The highest BCUT2D eigenvalue weighted by Gasteiger charge is 2.17. The Morgan fingerprint density at radius 3 is 2.57 bits per heavy atom. The van der Waals surface area contributed by atoms with E-state index in [1.165, 1.54) is 12.4 Å². The van der Waals surface area contributed by atoms with Crippen molar-refractivity contribution in [3.63, 3.8) is 0 Å². The Hall–Kier alpha value is -3.68. The van der Waals surface area contributed by atoms with E-state index >= 15 is 0 Å². The molecule has 28 heavy (non-hydrogen) atoms. The maximum absolute atomic E-state index is 12.4. The number of nitrogens with zero attached hydrogens (tertiary/aromatic N) is 3. The molecule has 1 aromatic carbocycles. The van der Waals surface area contributed by atoms with E-state index < -0.39 is 5.91 Å². The number of amides is 1. The number of hydrogen-bond acceptors (Lipinski definition) is 7. The summed E-state index contributed by atoms with van der Waals surface area (Å²) in [5.74, 6) is 0.881. The first kappa shape index (κ1) is 19.1. The zero-order valence-electron chi connectivity index (χ0n) is 15.6. The van der Waals surface area contributed by atoms with Crippen LogP contribution in [0.1, 0.15) is 34.6 Å². The van der Waals surface area contributed by atoms with Gasteiger partial charge in [0.2, 0.25) is 0 Å². The molecule has 8 heteroatoms. The molecule has 0 radical (unpaired) electrons. The number of ether oxygens (including phenoxy) is 2. The van der Waals surface area contributed by atoms with Crippen LogP contribution in [0.4, 0.5) is 5.82 Å². The van der Waals surface area contributed by atoms with Gasteiger partial charge in [-0.05, 0) is 42.3 Å². The number of nitrogens with two attached hydrogens (primary N) is 1. The molecule has 3 N–H and O–H groups in total. The molecule has 2 aromatic heterocycles. The van der Waals surface area contributed by atoms with Crippen molar-refractivity contribution < 1.29 is 14.3 Å². The number of carbonyl (C=O) groups is 1. The Morgan fingerprint density at radius 1 is 1.11 bits per heavy atom. The van der Waals surface area contributed by atoms with E-state index in [1.807, 2.05) is 37.3 Å². The van der Waals surface area contributed by atoms with Crippen molar-refractivity contribution in [1.29, 1.82) is 0 Å². The number of benzene rings is 1. The third kappa shape index (κ3) is 4.53. The summed E-state index contributed by atoms with van der Waals surface area (Å²) >= 11 is 0. The van der Waals surface area contributed by atoms with E-state index in [0.717, 1.165) is 11.1 Å². The van der Waals surface area contributed by atoms with E-state index in [2.05, 4.69) is 20.3 Å². The van der Waals surface area contributed by atoms with Crippen LogP contribution in [-0.2, 0) is 6.61 Å². The lowest BCUT2D eigenvalue weighted by atomic mass is 10.1. The molecule has 0 fully saturated rings. The molecule has 0 saturated heterocycles. The maximum Gasteiger partial charge on any atom is 0.274 e. The minimum atomic E-state index is -0.393. The molecule has 3 rings (SSSR count). The van der Waals surface area contributed by atoms with E-state index in [1.54, 1.807) is 19.5 Å². The molecule has 0 spiro atoms. The molecule has 144 valence electrons. The van der Waals surface area contributed by atoms with Gasteiger partial charge in [-0.2, -0.15) is 0 Å². The molecule has 0 bridgehead atoms. The third-order valence-corrected chi connectivity index (χ3v) is 4.12. The van der Waals surface area contributed by atoms with Gasteiger partial charge in [0.1, 0.15) is 6.61 Å². The van der Waals surface area contributed by atoms with Crippen LogP contribution in [0.2, 0.25) is 0 Å². The van der Waals surface area contributed by atoms with Crippen molar-refractivity contribution in [3.05, 3.63) is 71.9 Å². The second-order valence-electron chi connectivity index (χ2n) is 6.04. The Labute approximate surface area is 162 Å². The molecule has 1 amide bonds. The minimum absolute atomic E-state index is 0.0876. The zero-order chi connectivity index (χ0) is 19.9. The number of nitrogens with one attached hydrogen (secondary N) is 1. The zero-order valence-corrected chi connectivity index (χ0v) is 15.6. The predicted octanol–water partition coefficient (Wildman–Crippen LogP) is 2.53. The monoisotopic (exact) mass is 379 g/mol.